The maximum Gasteiger partial charge on any atom is 0.346 e. The molecule has 0 aliphatic carbocycles. The summed E-state index contributed by atoms with van der Waals surface area (Å²) in [5, 5.41) is 4.23. The normalized spacial score (nSPS) is 12.1. The molecule has 1 aromatic rings. The summed E-state index contributed by atoms with van der Waals surface area (Å²) >= 11 is 4.71. The van der Waals surface area contributed by atoms with Gasteiger partial charge in [0.1, 0.15) is 0 Å². The lowest BCUT2D eigenvalue weighted by Crippen LogP contribution is -2.32. The van der Waals surface area contributed by atoms with Gasteiger partial charge in [-0.15, -0.1) is 0 Å². The minimum absolute atomic E-state index is 0.119. The zero-order valence-corrected chi connectivity index (χ0v) is 16.7. The zero-order valence-electron chi connectivity index (χ0n) is 12.4. The number of hydrogen-bond donors (Lipinski definition) is 0. The van der Waals surface area contributed by atoms with Crippen molar-refractivity contribution >= 4 is 56.9 Å². The van der Waals surface area contributed by atoms with Gasteiger partial charge in [-0.25, -0.2) is 4.79 Å². The van der Waals surface area contributed by atoms with Gasteiger partial charge in [0.15, 0.2) is 0 Å². The lowest BCUT2D eigenvalue weighted by molar-refractivity contribution is -0.145. The third-order valence-corrected chi connectivity index (χ3v) is 6.42. The summed E-state index contributed by atoms with van der Waals surface area (Å²) in [5.41, 5.74) is 2.95. The highest BCUT2D eigenvalue weighted by molar-refractivity contribution is 14.1. The number of benzene rings is 1. The smallest absolute Gasteiger partial charge is 0.346 e. The highest BCUT2D eigenvalue weighted by atomic mass is 127. The van der Waals surface area contributed by atoms with Crippen LogP contribution in [0.25, 0.3) is 0 Å². The second-order valence-electron chi connectivity index (χ2n) is 4.98. The molecule has 6 heteroatoms. The fraction of sp³-hybridized carbons (Fsp3) is 0.467. The average molecular weight is 515 g/mol. The zero-order chi connectivity index (χ0) is 15.9. The molecule has 0 fully saturated rings. The summed E-state index contributed by atoms with van der Waals surface area (Å²) in [6.45, 7) is 4.01. The molecule has 0 aliphatic rings. The molecule has 116 valence electrons. The first kappa shape index (κ1) is 18.7. The van der Waals surface area contributed by atoms with Crippen LogP contribution in [0.5, 0.6) is 0 Å². The Balaban J connectivity index is 3.08. The predicted octanol–water partition coefficient (Wildman–Crippen LogP) is 3.77. The predicted molar refractivity (Wildman–Crippen MR) is 102 cm³/mol. The maximum absolute atomic E-state index is 11.1. The molecule has 0 amide bonds. The van der Waals surface area contributed by atoms with Crippen LogP contribution in [0.15, 0.2) is 29.4 Å². The van der Waals surface area contributed by atoms with Crippen molar-refractivity contribution in [1.82, 2.24) is 0 Å². The van der Waals surface area contributed by atoms with Crippen molar-refractivity contribution in [2.75, 3.05) is 22.6 Å². The first-order chi connectivity index (χ1) is 9.96. The molecule has 1 aromatic carbocycles. The molecule has 0 spiro atoms. The van der Waals surface area contributed by atoms with Crippen molar-refractivity contribution in [1.29, 1.82) is 0 Å². The molecule has 0 atom stereocenters. The fourth-order valence-corrected chi connectivity index (χ4v) is 3.89. The summed E-state index contributed by atoms with van der Waals surface area (Å²) in [6, 6.07) is 8.16. The number of halogens is 2. The van der Waals surface area contributed by atoms with E-state index in [0.29, 0.717) is 0 Å². The van der Waals surface area contributed by atoms with Gasteiger partial charge < -0.3 is 9.57 Å². The number of oxime groups is 1. The number of carbonyl (C=O) groups is 1. The molecular formula is C15H19I2NO3. The summed E-state index contributed by atoms with van der Waals surface area (Å²) in [5.74, 6) is -0.437. The number of hydrogen-bond acceptors (Lipinski definition) is 4. The van der Waals surface area contributed by atoms with Crippen LogP contribution in [0.3, 0.4) is 0 Å². The van der Waals surface area contributed by atoms with Crippen molar-refractivity contribution < 1.29 is 14.4 Å². The summed E-state index contributed by atoms with van der Waals surface area (Å²) in [6.07, 6.45) is 0. The average Bonchev–Trinajstić information content (AvgIpc) is 2.51. The molecule has 0 heterocycles. The molecule has 0 unspecified atom stereocenters. The van der Waals surface area contributed by atoms with Crippen LogP contribution in [0.4, 0.5) is 0 Å². The van der Waals surface area contributed by atoms with Crippen molar-refractivity contribution in [3.8, 4) is 0 Å². The molecule has 0 saturated heterocycles. The number of rotatable bonds is 7. The van der Waals surface area contributed by atoms with E-state index in [1.54, 1.807) is 0 Å². The molecule has 0 N–H and O–H groups in total. The van der Waals surface area contributed by atoms with Gasteiger partial charge in [-0.3, -0.25) is 0 Å². The van der Waals surface area contributed by atoms with Crippen LogP contribution < -0.4 is 0 Å². The van der Waals surface area contributed by atoms with Gasteiger partial charge in [-0.2, -0.15) is 0 Å². The van der Waals surface area contributed by atoms with E-state index in [9.17, 15) is 4.79 Å². The van der Waals surface area contributed by atoms with Crippen LogP contribution in [0.1, 0.15) is 18.1 Å². The summed E-state index contributed by atoms with van der Waals surface area (Å²) < 4.78 is 6.37. The van der Waals surface area contributed by atoms with Gasteiger partial charge in [0, 0.05) is 14.3 Å². The number of alkyl halides is 2. The number of ether oxygens (including phenoxy) is 1. The lowest BCUT2D eigenvalue weighted by atomic mass is 9.85. The molecule has 0 saturated carbocycles. The van der Waals surface area contributed by atoms with E-state index in [1.807, 2.05) is 31.2 Å². The Hall–Kier alpha value is -0.380. The number of aryl methyl sites for hydroxylation is 1. The fourth-order valence-electron chi connectivity index (χ4n) is 1.59. The number of carbonyl (C=O) groups excluding carboxylic acids is 1. The highest BCUT2D eigenvalue weighted by Crippen LogP contribution is 2.29. The van der Waals surface area contributed by atoms with Crippen molar-refractivity contribution in [2.24, 2.45) is 10.6 Å². The van der Waals surface area contributed by atoms with Crippen LogP contribution >= 0.6 is 45.2 Å². The Labute approximate surface area is 152 Å². The van der Waals surface area contributed by atoms with Crippen molar-refractivity contribution in [2.45, 2.75) is 13.8 Å². The van der Waals surface area contributed by atoms with Gasteiger partial charge in [0.25, 0.3) is 0 Å². The van der Waals surface area contributed by atoms with Gasteiger partial charge in [-0.05, 0) is 12.5 Å². The molecule has 0 radical (unpaired) electrons. The van der Waals surface area contributed by atoms with Crippen molar-refractivity contribution in [3.05, 3.63) is 35.4 Å². The lowest BCUT2D eigenvalue weighted by Gasteiger charge is -2.26. The van der Waals surface area contributed by atoms with Gasteiger partial charge in [0.05, 0.1) is 12.8 Å². The van der Waals surface area contributed by atoms with Gasteiger partial charge >= 0.3 is 5.97 Å². The van der Waals surface area contributed by atoms with E-state index < -0.39 is 5.97 Å². The van der Waals surface area contributed by atoms with E-state index in [-0.39, 0.29) is 12.0 Å². The molecule has 0 bridgehead atoms. The Bertz CT molecular complexity index is 496. The van der Waals surface area contributed by atoms with Crippen LogP contribution in [0.2, 0.25) is 0 Å². The maximum atomic E-state index is 11.1. The molecule has 0 aromatic heterocycles. The van der Waals surface area contributed by atoms with Gasteiger partial charge in [-0.1, -0.05) is 87.1 Å². The second-order valence-corrected chi connectivity index (χ2v) is 6.51. The molecule has 21 heavy (non-hydrogen) atoms. The SMILES string of the molecule is COC(=O)CO/N=C(\c1ccc(C)cc1)C(C)(CI)CI. The summed E-state index contributed by atoms with van der Waals surface area (Å²) in [7, 11) is 1.33. The minimum Gasteiger partial charge on any atom is -0.466 e. The van der Waals surface area contributed by atoms with E-state index in [0.717, 1.165) is 20.1 Å². The van der Waals surface area contributed by atoms with E-state index in [1.165, 1.54) is 12.7 Å². The topological polar surface area (TPSA) is 47.9 Å². The number of methoxy groups -OCH3 is 1. The number of esters is 1. The van der Waals surface area contributed by atoms with E-state index in [4.69, 9.17) is 4.84 Å². The first-order valence-electron chi connectivity index (χ1n) is 6.43. The second kappa shape index (κ2) is 8.92. The molecule has 4 nitrogen and oxygen atoms in total. The van der Waals surface area contributed by atoms with Crippen LogP contribution in [-0.2, 0) is 14.4 Å². The van der Waals surface area contributed by atoms with E-state index >= 15 is 0 Å². The van der Waals surface area contributed by atoms with Crippen molar-refractivity contribution in [3.63, 3.8) is 0 Å². The van der Waals surface area contributed by atoms with Crippen LogP contribution in [0, 0.1) is 12.3 Å². The Morgan fingerprint density at radius 3 is 2.29 bits per heavy atom. The Morgan fingerprint density at radius 2 is 1.81 bits per heavy atom. The Kier molecular flexibility index (Phi) is 7.93. The third kappa shape index (κ3) is 5.39. The largest absolute Gasteiger partial charge is 0.466 e. The standard InChI is InChI=1S/C15H19I2NO3/c1-11-4-6-12(7-5-11)14(15(2,9-16)10-17)18-21-8-13(19)20-3/h4-7H,8-10H2,1-3H3/b18-14+. The molecular weight excluding hydrogens is 496 g/mol. The molecule has 1 rings (SSSR count). The third-order valence-electron chi connectivity index (χ3n) is 3.05. The first-order valence-corrected chi connectivity index (χ1v) is 9.48. The summed E-state index contributed by atoms with van der Waals surface area (Å²) in [4.78, 5) is 16.3. The monoisotopic (exact) mass is 515 g/mol. The quantitative estimate of drug-likeness (QED) is 0.183. The van der Waals surface area contributed by atoms with Gasteiger partial charge in [0.2, 0.25) is 6.61 Å². The highest BCUT2D eigenvalue weighted by Gasteiger charge is 2.30. The Morgan fingerprint density at radius 1 is 1.24 bits per heavy atom. The number of nitrogens with zero attached hydrogens (tertiary/aromatic N) is 1. The van der Waals surface area contributed by atoms with Crippen LogP contribution in [-0.4, -0.2) is 34.3 Å². The minimum atomic E-state index is -0.437. The molecule has 0 aliphatic heterocycles. The van der Waals surface area contributed by atoms with E-state index in [2.05, 4.69) is 62.0 Å².